The lowest BCUT2D eigenvalue weighted by Crippen LogP contribution is -3.00. The molecule has 0 fully saturated rings. The first kappa shape index (κ1) is 35.7. The van der Waals surface area contributed by atoms with Gasteiger partial charge in [0.15, 0.2) is 0 Å². The van der Waals surface area contributed by atoms with Gasteiger partial charge in [-0.05, 0) is 36.6 Å². The molecule has 0 unspecified atom stereocenters. The summed E-state index contributed by atoms with van der Waals surface area (Å²) in [6.07, 6.45) is 25.7. The number of likely N-dealkylation sites (N-methyl/N-ethyl adjacent to an activating group) is 1. The van der Waals surface area contributed by atoms with E-state index in [-0.39, 0.29) is 23.0 Å². The van der Waals surface area contributed by atoms with Crippen molar-refractivity contribution in [2.45, 2.75) is 110 Å². The highest BCUT2D eigenvalue weighted by Gasteiger charge is 2.15. The SMILES string of the molecule is CCCCCCCCCCCCCCCCCC[N+](C)(C)CCOC(=O)C=Cc1ccc(OC)cc1.[Br-]. The summed E-state index contributed by atoms with van der Waals surface area (Å²) in [6.45, 7) is 4.73. The molecule has 0 bridgehead atoms. The van der Waals surface area contributed by atoms with Crippen LogP contribution in [0.15, 0.2) is 30.3 Å². The van der Waals surface area contributed by atoms with Crippen molar-refractivity contribution in [3.8, 4) is 5.75 Å². The maximum Gasteiger partial charge on any atom is 0.330 e. The van der Waals surface area contributed by atoms with Gasteiger partial charge in [-0.25, -0.2) is 4.79 Å². The van der Waals surface area contributed by atoms with Crippen LogP contribution in [0, 0.1) is 0 Å². The first-order valence-electron chi connectivity index (χ1n) is 14.8. The summed E-state index contributed by atoms with van der Waals surface area (Å²) in [6, 6.07) is 7.59. The van der Waals surface area contributed by atoms with Gasteiger partial charge in [0.25, 0.3) is 0 Å². The molecule has 0 heterocycles. The molecule has 0 aliphatic heterocycles. The molecule has 4 nitrogen and oxygen atoms in total. The molecule has 1 aromatic carbocycles. The van der Waals surface area contributed by atoms with E-state index in [0.717, 1.165) is 28.9 Å². The Morgan fingerprint density at radius 3 is 1.65 bits per heavy atom. The molecular formula is C32H56BrNO3. The predicted octanol–water partition coefficient (Wildman–Crippen LogP) is 5.59. The van der Waals surface area contributed by atoms with E-state index in [1.807, 2.05) is 24.3 Å². The average molecular weight is 583 g/mol. The maximum atomic E-state index is 12.0. The summed E-state index contributed by atoms with van der Waals surface area (Å²) in [5.41, 5.74) is 0.951. The van der Waals surface area contributed by atoms with E-state index < -0.39 is 0 Å². The highest BCUT2D eigenvalue weighted by molar-refractivity contribution is 5.87. The number of quaternary nitrogens is 1. The number of unbranched alkanes of at least 4 members (excludes halogenated alkanes) is 15. The molecule has 5 heteroatoms. The minimum Gasteiger partial charge on any atom is -1.00 e. The Kier molecular flexibility index (Phi) is 22.9. The zero-order valence-electron chi connectivity index (χ0n) is 24.4. The first-order chi connectivity index (χ1) is 17.5. The van der Waals surface area contributed by atoms with Gasteiger partial charge in [-0.3, -0.25) is 0 Å². The van der Waals surface area contributed by atoms with E-state index in [2.05, 4.69) is 21.0 Å². The summed E-state index contributed by atoms with van der Waals surface area (Å²) in [5, 5.41) is 0. The van der Waals surface area contributed by atoms with Gasteiger partial charge < -0.3 is 30.9 Å². The maximum absolute atomic E-state index is 12.0. The number of esters is 1. The summed E-state index contributed by atoms with van der Waals surface area (Å²) in [5.74, 6) is 0.521. The van der Waals surface area contributed by atoms with Gasteiger partial charge in [0, 0.05) is 6.08 Å². The summed E-state index contributed by atoms with van der Waals surface area (Å²) < 4.78 is 11.5. The molecule has 214 valence electrons. The second-order valence-electron chi connectivity index (χ2n) is 11.0. The number of halogens is 1. The van der Waals surface area contributed by atoms with Crippen LogP contribution in [0.25, 0.3) is 6.08 Å². The highest BCUT2D eigenvalue weighted by Crippen LogP contribution is 2.15. The Morgan fingerprint density at radius 1 is 0.730 bits per heavy atom. The van der Waals surface area contributed by atoms with Gasteiger partial charge in [-0.15, -0.1) is 0 Å². The number of ether oxygens (including phenoxy) is 2. The number of carbonyl (C=O) groups excluding carboxylic acids is 1. The molecule has 0 amide bonds. The number of methoxy groups -OCH3 is 1. The van der Waals surface area contributed by atoms with Crippen LogP contribution in [0.1, 0.15) is 115 Å². The quantitative estimate of drug-likeness (QED) is 0.0730. The molecular weight excluding hydrogens is 526 g/mol. The van der Waals surface area contributed by atoms with E-state index in [1.54, 1.807) is 13.2 Å². The number of rotatable bonds is 23. The van der Waals surface area contributed by atoms with Crippen LogP contribution < -0.4 is 21.7 Å². The molecule has 1 aromatic rings. The third-order valence-electron chi connectivity index (χ3n) is 7.09. The lowest BCUT2D eigenvalue weighted by molar-refractivity contribution is -0.890. The Morgan fingerprint density at radius 2 is 1.19 bits per heavy atom. The van der Waals surface area contributed by atoms with Gasteiger partial charge in [-0.2, -0.15) is 0 Å². The second kappa shape index (κ2) is 23.8. The molecule has 37 heavy (non-hydrogen) atoms. The van der Waals surface area contributed by atoms with Gasteiger partial charge in [0.2, 0.25) is 0 Å². The molecule has 0 atom stereocenters. The summed E-state index contributed by atoms with van der Waals surface area (Å²) in [4.78, 5) is 12.0. The minimum atomic E-state index is -0.284. The van der Waals surface area contributed by atoms with E-state index >= 15 is 0 Å². The van der Waals surface area contributed by atoms with Crippen LogP contribution >= 0.6 is 0 Å². The van der Waals surface area contributed by atoms with Gasteiger partial charge >= 0.3 is 5.97 Å². The fraction of sp³-hybridized carbons (Fsp3) is 0.719. The Balaban J connectivity index is 0.0000130. The number of benzene rings is 1. The molecule has 0 spiro atoms. The molecule has 1 rings (SSSR count). The molecule has 0 radical (unpaired) electrons. The van der Waals surface area contributed by atoms with Crippen molar-refractivity contribution in [2.75, 3.05) is 40.9 Å². The van der Waals surface area contributed by atoms with Gasteiger partial charge in [0.05, 0.1) is 27.7 Å². The highest BCUT2D eigenvalue weighted by atomic mass is 79.9. The van der Waals surface area contributed by atoms with Crippen molar-refractivity contribution in [3.63, 3.8) is 0 Å². The molecule has 0 aliphatic carbocycles. The van der Waals surface area contributed by atoms with Crippen LogP contribution in [0.3, 0.4) is 0 Å². The van der Waals surface area contributed by atoms with E-state index in [4.69, 9.17) is 9.47 Å². The number of carbonyl (C=O) groups is 1. The fourth-order valence-electron chi connectivity index (χ4n) is 4.52. The minimum absolute atomic E-state index is 0. The lowest BCUT2D eigenvalue weighted by Gasteiger charge is -2.29. The van der Waals surface area contributed by atoms with Crippen molar-refractivity contribution in [1.29, 1.82) is 0 Å². The molecule has 0 saturated heterocycles. The van der Waals surface area contributed by atoms with Crippen LogP contribution in [0.5, 0.6) is 5.75 Å². The Labute approximate surface area is 239 Å². The molecule has 0 N–H and O–H groups in total. The predicted molar refractivity (Wildman–Crippen MR) is 154 cm³/mol. The van der Waals surface area contributed by atoms with Crippen molar-refractivity contribution >= 4 is 12.0 Å². The second-order valence-corrected chi connectivity index (χ2v) is 11.0. The average Bonchev–Trinajstić information content (AvgIpc) is 2.87. The Hall–Kier alpha value is -1.33. The lowest BCUT2D eigenvalue weighted by atomic mass is 10.0. The normalized spacial score (nSPS) is 11.5. The van der Waals surface area contributed by atoms with Crippen LogP contribution in [-0.4, -0.2) is 51.4 Å². The topological polar surface area (TPSA) is 35.5 Å². The van der Waals surface area contributed by atoms with Crippen molar-refractivity contribution in [2.24, 2.45) is 0 Å². The third kappa shape index (κ3) is 21.3. The molecule has 0 saturated carbocycles. The Bertz CT molecular complexity index is 688. The summed E-state index contributed by atoms with van der Waals surface area (Å²) >= 11 is 0. The van der Waals surface area contributed by atoms with E-state index in [1.165, 1.54) is 109 Å². The number of nitrogens with zero attached hydrogens (tertiary/aromatic N) is 1. The van der Waals surface area contributed by atoms with Crippen molar-refractivity contribution < 1.29 is 35.7 Å². The van der Waals surface area contributed by atoms with Crippen molar-refractivity contribution in [3.05, 3.63) is 35.9 Å². The number of hydrogen-bond acceptors (Lipinski definition) is 3. The molecule has 0 aliphatic rings. The first-order valence-corrected chi connectivity index (χ1v) is 14.8. The molecule has 0 aromatic heterocycles. The van der Waals surface area contributed by atoms with Crippen LogP contribution in [0.2, 0.25) is 0 Å². The summed E-state index contributed by atoms with van der Waals surface area (Å²) in [7, 11) is 6.10. The van der Waals surface area contributed by atoms with Crippen LogP contribution in [-0.2, 0) is 9.53 Å². The smallest absolute Gasteiger partial charge is 0.330 e. The zero-order chi connectivity index (χ0) is 26.3. The van der Waals surface area contributed by atoms with Gasteiger partial charge in [0.1, 0.15) is 18.9 Å². The van der Waals surface area contributed by atoms with Crippen LogP contribution in [0.4, 0.5) is 0 Å². The van der Waals surface area contributed by atoms with E-state index in [0.29, 0.717) is 6.61 Å². The largest absolute Gasteiger partial charge is 1.00 e. The van der Waals surface area contributed by atoms with Gasteiger partial charge in [-0.1, -0.05) is 109 Å². The van der Waals surface area contributed by atoms with E-state index in [9.17, 15) is 4.79 Å². The standard InChI is InChI=1S/C32H56NO3.BrH/c1-5-6-7-8-9-10-11-12-13-14-15-16-17-18-19-20-27-33(2,3)28-29-36-32(34)26-23-30-21-24-31(35-4)25-22-30;/h21-26H,5-20,27-29H2,1-4H3;1H/q+1;/p-1. The fourth-order valence-corrected chi connectivity index (χ4v) is 4.52. The zero-order valence-corrected chi connectivity index (χ0v) is 26.0. The number of hydrogen-bond donors (Lipinski definition) is 0. The van der Waals surface area contributed by atoms with Crippen molar-refractivity contribution in [1.82, 2.24) is 0 Å². The third-order valence-corrected chi connectivity index (χ3v) is 7.09. The monoisotopic (exact) mass is 581 g/mol.